The van der Waals surface area contributed by atoms with Crippen LogP contribution < -0.4 is 5.73 Å². The van der Waals surface area contributed by atoms with Crippen molar-refractivity contribution in [2.45, 2.75) is 30.3 Å². The number of phosphoric acid groups is 3. The summed E-state index contributed by atoms with van der Waals surface area (Å²) in [6.07, 6.45) is -1.87. The molecule has 3 aliphatic rings. The van der Waals surface area contributed by atoms with Crippen molar-refractivity contribution in [3.8, 4) is 5.75 Å². The number of hydrogen-bond donors (Lipinski definition) is 16. The molecule has 0 saturated heterocycles. The number of carbonyl (C=O) groups is 3. The first-order valence-electron chi connectivity index (χ1n) is 12.4. The van der Waals surface area contributed by atoms with Gasteiger partial charge in [-0.1, -0.05) is 12.1 Å². The number of benzene rings is 1. The number of nitrogens with zero attached hydrogens (tertiary/aromatic N) is 1. The second-order valence-electron chi connectivity index (χ2n) is 10.6. The van der Waals surface area contributed by atoms with E-state index in [-0.39, 0.29) is 11.1 Å². The maximum atomic E-state index is 13.7. The van der Waals surface area contributed by atoms with Gasteiger partial charge >= 0.3 is 23.5 Å². The number of fused-ring (bicyclic) bond motifs is 3. The van der Waals surface area contributed by atoms with Crippen molar-refractivity contribution in [2.24, 2.45) is 17.6 Å². The standard InChI is InChI=1S/C22H24N2O9.3H3O4P/c1-21(32)7-5-4-6-8(25)9(7)15(26)10-12(21)17(28)13-14(24(2)3)16(27)11(20(23)31)19(30)22(13,33)18(10)29;3*1-5(2,3)4/h4-6,12-14,17,25-26,28,30,32-33H,1-3H3,(H2,23,31);3*(H3,1,2,3,4)/t12-,13-,14+,17+,21-,22+;;;/m1.../s1. The highest BCUT2D eigenvalue weighted by Gasteiger charge is 2.70. The van der Waals surface area contributed by atoms with Gasteiger partial charge in [-0.3, -0.25) is 19.3 Å². The summed E-state index contributed by atoms with van der Waals surface area (Å²) >= 11 is 0. The number of primary amides is 1. The van der Waals surface area contributed by atoms with E-state index in [0.717, 1.165) is 0 Å². The summed E-state index contributed by atoms with van der Waals surface area (Å²) in [5, 5.41) is 66.3. The van der Waals surface area contributed by atoms with Gasteiger partial charge in [0, 0.05) is 0 Å². The monoisotopic (exact) mass is 754 g/mol. The summed E-state index contributed by atoms with van der Waals surface area (Å²) in [6, 6.07) is 2.50. The van der Waals surface area contributed by atoms with E-state index < -0.39 is 105 Å². The van der Waals surface area contributed by atoms with E-state index in [1.54, 1.807) is 0 Å². The fourth-order valence-electron chi connectivity index (χ4n) is 5.60. The van der Waals surface area contributed by atoms with E-state index in [4.69, 9.17) is 63.5 Å². The molecule has 23 nitrogen and oxygen atoms in total. The number of phenols is 1. The van der Waals surface area contributed by atoms with Crippen molar-refractivity contribution >= 4 is 46.7 Å². The number of rotatable bonds is 2. The van der Waals surface area contributed by atoms with Gasteiger partial charge in [0.05, 0.1) is 40.7 Å². The first kappa shape index (κ1) is 43.1. The molecular weight excluding hydrogens is 721 g/mol. The van der Waals surface area contributed by atoms with Gasteiger partial charge in [0.25, 0.3) is 5.91 Å². The van der Waals surface area contributed by atoms with Crippen molar-refractivity contribution in [3.05, 3.63) is 46.2 Å². The van der Waals surface area contributed by atoms with Gasteiger partial charge in [-0.05, 0) is 32.6 Å². The van der Waals surface area contributed by atoms with Crippen LogP contribution in [-0.2, 0) is 33.7 Å². The van der Waals surface area contributed by atoms with Crippen LogP contribution >= 0.6 is 23.5 Å². The van der Waals surface area contributed by atoms with Crippen molar-refractivity contribution in [2.75, 3.05) is 14.1 Å². The lowest BCUT2D eigenvalue weighted by molar-refractivity contribution is -0.181. The topological polar surface area (TPSA) is 435 Å². The molecule has 0 radical (unpaired) electrons. The Kier molecular flexibility index (Phi) is 13.0. The SMILES string of the molecule is CN(C)[C@@H]1C(=O)C(C(N)=O)=C(O)[C@@]2(O)C(=O)C3=C(O)c4c(O)cccc4[C@@](C)(O)[C@H]3[C@H](O)[C@@H]12.O=P(O)(O)O.O=P(O)(O)O.O=P(O)(O)O. The smallest absolute Gasteiger partial charge is 0.466 e. The molecule has 0 aliphatic heterocycles. The lowest BCUT2D eigenvalue weighted by Crippen LogP contribution is -2.71. The van der Waals surface area contributed by atoms with Crippen LogP contribution in [0.2, 0.25) is 0 Å². The number of Topliss-reactive ketones (excluding diaryl/α,β-unsaturated/α-hetero) is 2. The highest BCUT2D eigenvalue weighted by molar-refractivity contribution is 7.45. The van der Waals surface area contributed by atoms with Gasteiger partial charge in [0.15, 0.2) is 11.4 Å². The lowest BCUT2D eigenvalue weighted by atomic mass is 9.53. The fourth-order valence-corrected chi connectivity index (χ4v) is 5.60. The average molecular weight is 754 g/mol. The number of phenolic OH excluding ortho intramolecular Hbond substituents is 1. The molecule has 6 atom stereocenters. The second-order valence-corrected chi connectivity index (χ2v) is 13.7. The van der Waals surface area contributed by atoms with Crippen LogP contribution in [0.5, 0.6) is 5.75 Å². The van der Waals surface area contributed by atoms with Crippen LogP contribution in [0.4, 0.5) is 0 Å². The van der Waals surface area contributed by atoms with Crippen molar-refractivity contribution < 1.29 is 103 Å². The van der Waals surface area contributed by atoms with Crippen LogP contribution in [0.1, 0.15) is 18.1 Å². The summed E-state index contributed by atoms with van der Waals surface area (Å²) in [4.78, 5) is 105. The second kappa shape index (κ2) is 14.5. The molecule has 17 N–H and O–H groups in total. The number of aliphatic hydroxyl groups is 5. The lowest BCUT2D eigenvalue weighted by Gasteiger charge is -2.55. The Morgan fingerprint density at radius 1 is 0.854 bits per heavy atom. The Bertz CT molecular complexity index is 1600. The van der Waals surface area contributed by atoms with E-state index in [0.29, 0.717) is 0 Å². The molecule has 48 heavy (non-hydrogen) atoms. The van der Waals surface area contributed by atoms with Gasteiger partial charge in [0.1, 0.15) is 22.8 Å². The summed E-state index contributed by atoms with van der Waals surface area (Å²) < 4.78 is 26.6. The Balaban J connectivity index is 0.000000643. The van der Waals surface area contributed by atoms with Crippen molar-refractivity contribution in [1.29, 1.82) is 0 Å². The molecule has 1 saturated carbocycles. The predicted molar refractivity (Wildman–Crippen MR) is 154 cm³/mol. The molecule has 1 aromatic rings. The number of nitrogens with two attached hydrogens (primary N) is 1. The Morgan fingerprint density at radius 3 is 1.65 bits per heavy atom. The highest BCUT2D eigenvalue weighted by Crippen LogP contribution is 2.57. The first-order chi connectivity index (χ1) is 21.2. The van der Waals surface area contributed by atoms with E-state index in [2.05, 4.69) is 0 Å². The van der Waals surface area contributed by atoms with Crippen molar-refractivity contribution in [1.82, 2.24) is 4.90 Å². The molecule has 0 heterocycles. The molecular formula is C22H33N2O21P3. The van der Waals surface area contributed by atoms with E-state index in [1.165, 1.54) is 44.1 Å². The highest BCUT2D eigenvalue weighted by atomic mass is 31.2. The molecule has 26 heteroatoms. The summed E-state index contributed by atoms with van der Waals surface area (Å²) in [6.45, 7) is 1.25. The number of likely N-dealkylation sites (N-methyl/N-ethyl adjacent to an activating group) is 1. The minimum Gasteiger partial charge on any atom is -0.508 e. The molecule has 1 aromatic carbocycles. The van der Waals surface area contributed by atoms with Crippen LogP contribution in [0.15, 0.2) is 35.1 Å². The minimum absolute atomic E-state index is 0.00664. The predicted octanol–water partition coefficient (Wildman–Crippen LogP) is -4.19. The molecule has 3 aliphatic carbocycles. The van der Waals surface area contributed by atoms with Crippen LogP contribution in [0.3, 0.4) is 0 Å². The molecule has 0 spiro atoms. The number of hydrogen-bond acceptors (Lipinski definition) is 13. The molecule has 1 amide bonds. The molecule has 0 unspecified atom stereocenters. The van der Waals surface area contributed by atoms with Gasteiger partial charge < -0.3 is 80.4 Å². The average Bonchev–Trinajstić information content (AvgIpc) is 2.83. The summed E-state index contributed by atoms with van der Waals surface area (Å²) in [7, 11) is -11.1. The Morgan fingerprint density at radius 2 is 1.27 bits per heavy atom. The third kappa shape index (κ3) is 9.61. The maximum Gasteiger partial charge on any atom is 0.466 e. The number of aromatic hydroxyl groups is 1. The van der Waals surface area contributed by atoms with E-state index >= 15 is 0 Å². The zero-order chi connectivity index (χ0) is 38.3. The zero-order valence-corrected chi connectivity index (χ0v) is 27.2. The fraction of sp³-hybridized carbons (Fsp3) is 0.409. The van der Waals surface area contributed by atoms with Crippen LogP contribution in [0, 0.1) is 11.8 Å². The number of amides is 1. The minimum atomic E-state index is -4.64. The van der Waals surface area contributed by atoms with E-state index in [9.17, 15) is 45.0 Å². The van der Waals surface area contributed by atoms with Gasteiger partial charge in [0.2, 0.25) is 5.78 Å². The Hall–Kier alpha value is -2.92. The zero-order valence-electron chi connectivity index (χ0n) is 24.6. The quantitative estimate of drug-likeness (QED) is 0.101. The molecule has 272 valence electrons. The van der Waals surface area contributed by atoms with Gasteiger partial charge in [-0.25, -0.2) is 13.7 Å². The largest absolute Gasteiger partial charge is 0.508 e. The third-order valence-corrected chi connectivity index (χ3v) is 7.03. The summed E-state index contributed by atoms with van der Waals surface area (Å²) in [5.74, 6) is -9.67. The normalized spacial score (nSPS) is 28.4. The Labute approximate surface area is 268 Å². The molecule has 1 fully saturated rings. The number of carbonyl (C=O) groups excluding carboxylic acids is 3. The summed E-state index contributed by atoms with van der Waals surface area (Å²) in [5.41, 5.74) is -1.78. The van der Waals surface area contributed by atoms with Crippen LogP contribution in [-0.4, -0.2) is 129 Å². The van der Waals surface area contributed by atoms with Crippen LogP contribution in [0.25, 0.3) is 5.76 Å². The molecule has 4 rings (SSSR count). The first-order valence-corrected chi connectivity index (χ1v) is 17.1. The molecule has 0 bridgehead atoms. The van der Waals surface area contributed by atoms with Gasteiger partial charge in [-0.2, -0.15) is 0 Å². The number of aliphatic hydroxyl groups excluding tert-OH is 3. The van der Waals surface area contributed by atoms with E-state index in [1.807, 2.05) is 0 Å². The van der Waals surface area contributed by atoms with Crippen molar-refractivity contribution in [3.63, 3.8) is 0 Å². The van der Waals surface area contributed by atoms with Gasteiger partial charge in [-0.15, -0.1) is 0 Å². The molecule has 0 aromatic heterocycles. The third-order valence-electron chi connectivity index (χ3n) is 7.03. The maximum absolute atomic E-state index is 13.7. The number of ketones is 2.